The van der Waals surface area contributed by atoms with E-state index < -0.39 is 10.3 Å². The molecule has 82 valence electrons. The number of nitriles is 1. The molecule has 0 N–H and O–H groups in total. The van der Waals surface area contributed by atoms with E-state index in [2.05, 4.69) is 22.0 Å². The number of benzene rings is 1. The predicted octanol–water partition coefficient (Wildman–Crippen LogP) is 3.30. The van der Waals surface area contributed by atoms with Crippen molar-refractivity contribution in [3.05, 3.63) is 38.3 Å². The number of nitro benzene ring substituents is 1. The van der Waals surface area contributed by atoms with Gasteiger partial charge < -0.3 is 0 Å². The quantitative estimate of drug-likeness (QED) is 0.617. The van der Waals surface area contributed by atoms with Crippen LogP contribution in [0.1, 0.15) is 24.8 Å². The molecule has 4 nitrogen and oxygen atoms in total. The van der Waals surface area contributed by atoms with E-state index in [-0.39, 0.29) is 5.69 Å². The predicted molar refractivity (Wildman–Crippen MR) is 61.9 cm³/mol. The van der Waals surface area contributed by atoms with Gasteiger partial charge in [0.1, 0.15) is 0 Å². The summed E-state index contributed by atoms with van der Waals surface area (Å²) in [6.07, 6.45) is 2.60. The number of hydrogen-bond donors (Lipinski definition) is 0. The lowest BCUT2D eigenvalue weighted by Gasteiger charge is -2.35. The van der Waals surface area contributed by atoms with Gasteiger partial charge in [-0.3, -0.25) is 10.1 Å². The Hall–Kier alpha value is -1.41. The van der Waals surface area contributed by atoms with Gasteiger partial charge in [0.15, 0.2) is 0 Å². The van der Waals surface area contributed by atoms with Crippen LogP contribution in [0.15, 0.2) is 22.7 Å². The standard InChI is InChI=1S/C11H9BrN2O2/c12-9-3-2-8(6-10(9)14(15)16)11(7-13)4-1-5-11/h2-3,6H,1,4-5H2. The zero-order valence-electron chi connectivity index (χ0n) is 8.44. The molecule has 0 heterocycles. The molecule has 0 unspecified atom stereocenters. The highest BCUT2D eigenvalue weighted by Gasteiger charge is 2.39. The maximum Gasteiger partial charge on any atom is 0.283 e. The van der Waals surface area contributed by atoms with Crippen molar-refractivity contribution in [2.45, 2.75) is 24.7 Å². The van der Waals surface area contributed by atoms with Gasteiger partial charge in [-0.1, -0.05) is 6.07 Å². The molecular weight excluding hydrogens is 272 g/mol. The van der Waals surface area contributed by atoms with Crippen LogP contribution in [0.4, 0.5) is 5.69 Å². The van der Waals surface area contributed by atoms with E-state index in [4.69, 9.17) is 5.26 Å². The van der Waals surface area contributed by atoms with Crippen LogP contribution in [0.25, 0.3) is 0 Å². The minimum absolute atomic E-state index is 0.0269. The van der Waals surface area contributed by atoms with Gasteiger partial charge >= 0.3 is 0 Å². The molecule has 2 rings (SSSR count). The summed E-state index contributed by atoms with van der Waals surface area (Å²) in [6, 6.07) is 7.22. The van der Waals surface area contributed by atoms with Crippen LogP contribution in [-0.2, 0) is 5.41 Å². The van der Waals surface area contributed by atoms with Crippen molar-refractivity contribution in [3.63, 3.8) is 0 Å². The first-order chi connectivity index (χ1) is 7.59. The second-order valence-corrected chi connectivity index (χ2v) is 4.83. The average Bonchev–Trinajstić information content (AvgIpc) is 2.19. The highest BCUT2D eigenvalue weighted by atomic mass is 79.9. The van der Waals surface area contributed by atoms with E-state index in [1.54, 1.807) is 12.1 Å². The summed E-state index contributed by atoms with van der Waals surface area (Å²) in [5.41, 5.74) is 0.293. The van der Waals surface area contributed by atoms with Crippen molar-refractivity contribution < 1.29 is 4.92 Å². The lowest BCUT2D eigenvalue weighted by Crippen LogP contribution is -2.32. The summed E-state index contributed by atoms with van der Waals surface area (Å²) in [7, 11) is 0. The van der Waals surface area contributed by atoms with Crippen LogP contribution in [0.3, 0.4) is 0 Å². The normalized spacial score (nSPS) is 17.2. The molecule has 0 amide bonds. The minimum atomic E-state index is -0.495. The Labute approximate surface area is 101 Å². The van der Waals surface area contributed by atoms with Crippen molar-refractivity contribution >= 4 is 21.6 Å². The fourth-order valence-corrected chi connectivity index (χ4v) is 2.34. The maximum absolute atomic E-state index is 10.8. The van der Waals surface area contributed by atoms with E-state index in [0.29, 0.717) is 4.47 Å². The Balaban J connectivity index is 2.48. The monoisotopic (exact) mass is 280 g/mol. The van der Waals surface area contributed by atoms with Gasteiger partial charge in [0, 0.05) is 6.07 Å². The molecule has 1 aliphatic carbocycles. The topological polar surface area (TPSA) is 66.9 Å². The number of nitro groups is 1. The smallest absolute Gasteiger partial charge is 0.258 e. The molecule has 0 radical (unpaired) electrons. The number of nitrogens with zero attached hydrogens (tertiary/aromatic N) is 2. The molecule has 0 aromatic heterocycles. The molecule has 1 saturated carbocycles. The number of halogens is 1. The minimum Gasteiger partial charge on any atom is -0.258 e. The highest BCUT2D eigenvalue weighted by molar-refractivity contribution is 9.10. The lowest BCUT2D eigenvalue weighted by molar-refractivity contribution is -0.385. The third-order valence-corrected chi connectivity index (χ3v) is 3.79. The number of hydrogen-bond acceptors (Lipinski definition) is 3. The largest absolute Gasteiger partial charge is 0.283 e. The summed E-state index contributed by atoms with van der Waals surface area (Å²) >= 11 is 3.14. The average molecular weight is 281 g/mol. The molecule has 1 fully saturated rings. The van der Waals surface area contributed by atoms with Crippen LogP contribution in [-0.4, -0.2) is 4.92 Å². The fourth-order valence-electron chi connectivity index (χ4n) is 1.95. The Morgan fingerprint density at radius 3 is 2.62 bits per heavy atom. The third kappa shape index (κ3) is 1.59. The second kappa shape index (κ2) is 3.87. The Bertz CT molecular complexity index is 489. The van der Waals surface area contributed by atoms with Crippen molar-refractivity contribution in [2.75, 3.05) is 0 Å². The van der Waals surface area contributed by atoms with Gasteiger partial charge in [0.05, 0.1) is 20.9 Å². The van der Waals surface area contributed by atoms with Crippen molar-refractivity contribution in [2.24, 2.45) is 0 Å². The van der Waals surface area contributed by atoms with Crippen molar-refractivity contribution in [3.8, 4) is 6.07 Å². The van der Waals surface area contributed by atoms with Gasteiger partial charge in [-0.25, -0.2) is 0 Å². The molecule has 1 aliphatic rings. The van der Waals surface area contributed by atoms with Crippen molar-refractivity contribution in [1.82, 2.24) is 0 Å². The van der Waals surface area contributed by atoms with Gasteiger partial charge in [0.2, 0.25) is 0 Å². The zero-order chi connectivity index (χ0) is 11.8. The molecule has 0 atom stereocenters. The highest BCUT2D eigenvalue weighted by Crippen LogP contribution is 2.44. The molecule has 0 aliphatic heterocycles. The SMILES string of the molecule is N#CC1(c2ccc(Br)c([N+](=O)[O-])c2)CCC1. The van der Waals surface area contributed by atoms with Crippen LogP contribution in [0.2, 0.25) is 0 Å². The molecule has 0 saturated heterocycles. The summed E-state index contributed by atoms with van der Waals surface area (Å²) < 4.78 is 0.452. The van der Waals surface area contributed by atoms with E-state index in [9.17, 15) is 10.1 Å². The van der Waals surface area contributed by atoms with Crippen LogP contribution < -0.4 is 0 Å². The molecule has 16 heavy (non-hydrogen) atoms. The van der Waals surface area contributed by atoms with Crippen LogP contribution >= 0.6 is 15.9 Å². The van der Waals surface area contributed by atoms with E-state index >= 15 is 0 Å². The van der Waals surface area contributed by atoms with Gasteiger partial charge in [-0.15, -0.1) is 0 Å². The van der Waals surface area contributed by atoms with Crippen LogP contribution in [0, 0.1) is 21.4 Å². The third-order valence-electron chi connectivity index (χ3n) is 3.12. The Kier molecular flexibility index (Phi) is 2.68. The van der Waals surface area contributed by atoms with Crippen LogP contribution in [0.5, 0.6) is 0 Å². The molecule has 0 spiro atoms. The van der Waals surface area contributed by atoms with Crippen molar-refractivity contribution in [1.29, 1.82) is 5.26 Å². The van der Waals surface area contributed by atoms with Gasteiger partial charge in [-0.2, -0.15) is 5.26 Å². The molecular formula is C11H9BrN2O2. The summed E-state index contributed by atoms with van der Waals surface area (Å²) in [5, 5.41) is 19.9. The van der Waals surface area contributed by atoms with E-state index in [0.717, 1.165) is 24.8 Å². The van der Waals surface area contributed by atoms with Gasteiger partial charge in [-0.05, 0) is 46.8 Å². The molecule has 0 bridgehead atoms. The summed E-state index contributed by atoms with van der Waals surface area (Å²) in [6.45, 7) is 0. The number of rotatable bonds is 2. The van der Waals surface area contributed by atoms with Gasteiger partial charge in [0.25, 0.3) is 5.69 Å². The maximum atomic E-state index is 10.8. The first kappa shape index (κ1) is 11.1. The van der Waals surface area contributed by atoms with E-state index in [1.807, 2.05) is 0 Å². The molecule has 5 heteroatoms. The summed E-state index contributed by atoms with van der Waals surface area (Å²) in [4.78, 5) is 10.4. The fraction of sp³-hybridized carbons (Fsp3) is 0.364. The first-order valence-corrected chi connectivity index (χ1v) is 5.74. The lowest BCUT2D eigenvalue weighted by atomic mass is 9.65. The van der Waals surface area contributed by atoms with E-state index in [1.165, 1.54) is 6.07 Å². The first-order valence-electron chi connectivity index (χ1n) is 4.95. The summed E-state index contributed by atoms with van der Waals surface area (Å²) in [5.74, 6) is 0. The second-order valence-electron chi connectivity index (χ2n) is 3.97. The molecule has 1 aromatic rings. The Morgan fingerprint density at radius 2 is 2.19 bits per heavy atom. The molecule has 1 aromatic carbocycles. The Morgan fingerprint density at radius 1 is 1.50 bits per heavy atom. The zero-order valence-corrected chi connectivity index (χ0v) is 10.0.